The normalized spacial score (nSPS) is 10.7. The smallest absolute Gasteiger partial charge is 0.170 e. The first-order chi connectivity index (χ1) is 8.47. The van der Waals surface area contributed by atoms with E-state index in [0.29, 0.717) is 0 Å². The standard InChI is InChI=1S/C11H10ClF2N3O/c1-17-11(15)5(4-16-17)8-9(14)7(13)3-6(12)10(8)18-2/h3-4H,15H2,1-2H3. The Bertz CT molecular complexity index is 613. The van der Waals surface area contributed by atoms with Gasteiger partial charge in [0, 0.05) is 7.05 Å². The van der Waals surface area contributed by atoms with Gasteiger partial charge in [0.05, 0.1) is 29.5 Å². The molecule has 2 aromatic rings. The summed E-state index contributed by atoms with van der Waals surface area (Å²) in [4.78, 5) is 0. The second-order valence-corrected chi connectivity index (χ2v) is 4.04. The zero-order valence-electron chi connectivity index (χ0n) is 9.67. The first kappa shape index (κ1) is 12.6. The van der Waals surface area contributed by atoms with Gasteiger partial charge in [-0.25, -0.2) is 8.78 Å². The molecule has 0 saturated carbocycles. The van der Waals surface area contributed by atoms with Gasteiger partial charge in [-0.15, -0.1) is 0 Å². The fourth-order valence-electron chi connectivity index (χ4n) is 1.66. The van der Waals surface area contributed by atoms with Gasteiger partial charge >= 0.3 is 0 Å². The summed E-state index contributed by atoms with van der Waals surface area (Å²) in [7, 11) is 2.90. The third kappa shape index (κ3) is 1.78. The van der Waals surface area contributed by atoms with Crippen LogP contribution in [0.1, 0.15) is 0 Å². The summed E-state index contributed by atoms with van der Waals surface area (Å²) in [5.41, 5.74) is 5.84. The molecule has 96 valence electrons. The molecule has 1 aromatic carbocycles. The van der Waals surface area contributed by atoms with Crippen LogP contribution in [0.4, 0.5) is 14.6 Å². The van der Waals surface area contributed by atoms with Crippen molar-refractivity contribution in [3.05, 3.63) is 28.9 Å². The summed E-state index contributed by atoms with van der Waals surface area (Å²) in [5.74, 6) is -1.93. The molecule has 0 aliphatic carbocycles. The Morgan fingerprint density at radius 3 is 2.61 bits per heavy atom. The van der Waals surface area contributed by atoms with Crippen molar-refractivity contribution in [1.82, 2.24) is 9.78 Å². The fraction of sp³-hybridized carbons (Fsp3) is 0.182. The van der Waals surface area contributed by atoms with Crippen molar-refractivity contribution < 1.29 is 13.5 Å². The maximum atomic E-state index is 13.9. The Hall–Kier alpha value is -1.82. The van der Waals surface area contributed by atoms with E-state index in [1.165, 1.54) is 18.0 Å². The quantitative estimate of drug-likeness (QED) is 0.856. The second kappa shape index (κ2) is 4.45. The van der Waals surface area contributed by atoms with E-state index >= 15 is 0 Å². The number of nitrogens with zero attached hydrogens (tertiary/aromatic N) is 2. The van der Waals surface area contributed by atoms with E-state index in [2.05, 4.69) is 5.10 Å². The summed E-state index contributed by atoms with van der Waals surface area (Å²) in [6, 6.07) is 0.853. The monoisotopic (exact) mass is 273 g/mol. The SMILES string of the molecule is COc1c(Cl)cc(F)c(F)c1-c1cnn(C)c1N. The average Bonchev–Trinajstić information content (AvgIpc) is 2.65. The highest BCUT2D eigenvalue weighted by Gasteiger charge is 2.23. The van der Waals surface area contributed by atoms with E-state index in [-0.39, 0.29) is 27.7 Å². The number of aryl methyl sites for hydroxylation is 1. The third-order valence-electron chi connectivity index (χ3n) is 2.58. The molecule has 1 heterocycles. The molecular weight excluding hydrogens is 264 g/mol. The summed E-state index contributed by atoms with van der Waals surface area (Å²) >= 11 is 5.82. The van der Waals surface area contributed by atoms with Crippen molar-refractivity contribution in [3.63, 3.8) is 0 Å². The minimum Gasteiger partial charge on any atom is -0.494 e. The number of hydrogen-bond acceptors (Lipinski definition) is 3. The number of halogens is 3. The van der Waals surface area contributed by atoms with Crippen molar-refractivity contribution in [2.75, 3.05) is 12.8 Å². The zero-order valence-corrected chi connectivity index (χ0v) is 10.4. The van der Waals surface area contributed by atoms with Gasteiger partial charge in [0.2, 0.25) is 0 Å². The lowest BCUT2D eigenvalue weighted by atomic mass is 10.1. The highest BCUT2D eigenvalue weighted by molar-refractivity contribution is 6.32. The van der Waals surface area contributed by atoms with Gasteiger partial charge in [-0.05, 0) is 6.07 Å². The van der Waals surface area contributed by atoms with Crippen molar-refractivity contribution in [2.45, 2.75) is 0 Å². The molecule has 0 fully saturated rings. The average molecular weight is 274 g/mol. The maximum Gasteiger partial charge on any atom is 0.170 e. The topological polar surface area (TPSA) is 53.1 Å². The number of anilines is 1. The molecule has 2 N–H and O–H groups in total. The Morgan fingerprint density at radius 2 is 2.11 bits per heavy atom. The van der Waals surface area contributed by atoms with E-state index in [1.807, 2.05) is 0 Å². The predicted molar refractivity (Wildman–Crippen MR) is 64.5 cm³/mol. The number of rotatable bonds is 2. The number of hydrogen-bond donors (Lipinski definition) is 1. The molecule has 0 bridgehead atoms. The lowest BCUT2D eigenvalue weighted by molar-refractivity contribution is 0.409. The summed E-state index contributed by atoms with van der Waals surface area (Å²) < 4.78 is 33.6. The Labute approximate surface area is 107 Å². The molecule has 2 rings (SSSR count). The van der Waals surface area contributed by atoms with E-state index in [4.69, 9.17) is 22.1 Å². The van der Waals surface area contributed by atoms with Crippen LogP contribution in [-0.4, -0.2) is 16.9 Å². The zero-order chi connectivity index (χ0) is 13.4. The lowest BCUT2D eigenvalue weighted by Gasteiger charge is -2.11. The first-order valence-corrected chi connectivity index (χ1v) is 5.34. The van der Waals surface area contributed by atoms with Crippen LogP contribution in [-0.2, 0) is 7.05 Å². The molecule has 0 amide bonds. The lowest BCUT2D eigenvalue weighted by Crippen LogP contribution is -2.01. The molecule has 0 aliphatic rings. The summed E-state index contributed by atoms with van der Waals surface area (Å²) in [6.45, 7) is 0. The minimum absolute atomic E-state index is 0.0234. The fourth-order valence-corrected chi connectivity index (χ4v) is 1.93. The van der Waals surface area contributed by atoms with Crippen LogP contribution in [0.3, 0.4) is 0 Å². The summed E-state index contributed by atoms with van der Waals surface area (Å²) in [6.07, 6.45) is 1.33. The second-order valence-electron chi connectivity index (χ2n) is 3.63. The molecule has 4 nitrogen and oxygen atoms in total. The van der Waals surface area contributed by atoms with Crippen molar-refractivity contribution in [1.29, 1.82) is 0 Å². The summed E-state index contributed by atoms with van der Waals surface area (Å²) in [5, 5.41) is 3.84. The van der Waals surface area contributed by atoms with Crippen LogP contribution in [0.25, 0.3) is 11.1 Å². The molecule has 0 aliphatic heterocycles. The van der Waals surface area contributed by atoms with Crippen LogP contribution in [0, 0.1) is 11.6 Å². The molecular formula is C11H10ClF2N3O. The number of benzene rings is 1. The van der Waals surface area contributed by atoms with Gasteiger partial charge in [-0.2, -0.15) is 5.10 Å². The molecule has 0 atom stereocenters. The molecule has 18 heavy (non-hydrogen) atoms. The number of ether oxygens (including phenoxy) is 1. The first-order valence-electron chi connectivity index (χ1n) is 4.96. The molecule has 0 radical (unpaired) electrons. The van der Waals surface area contributed by atoms with E-state index < -0.39 is 11.6 Å². The van der Waals surface area contributed by atoms with Crippen molar-refractivity contribution >= 4 is 17.4 Å². The molecule has 0 spiro atoms. The predicted octanol–water partition coefficient (Wildman–Crippen LogP) is 2.61. The van der Waals surface area contributed by atoms with Gasteiger partial charge in [0.25, 0.3) is 0 Å². The van der Waals surface area contributed by atoms with Gasteiger partial charge in [-0.1, -0.05) is 11.6 Å². The van der Waals surface area contributed by atoms with Gasteiger partial charge < -0.3 is 10.5 Å². The Balaban J connectivity index is 2.81. The van der Waals surface area contributed by atoms with Crippen molar-refractivity contribution in [2.24, 2.45) is 7.05 Å². The number of nitrogens with two attached hydrogens (primary N) is 1. The number of methoxy groups -OCH3 is 1. The molecule has 0 saturated heterocycles. The molecule has 0 unspecified atom stereocenters. The van der Waals surface area contributed by atoms with E-state index in [9.17, 15) is 8.78 Å². The third-order valence-corrected chi connectivity index (χ3v) is 2.87. The minimum atomic E-state index is -1.07. The van der Waals surface area contributed by atoms with E-state index in [0.717, 1.165) is 6.07 Å². The van der Waals surface area contributed by atoms with Crippen LogP contribution < -0.4 is 10.5 Å². The van der Waals surface area contributed by atoms with Crippen molar-refractivity contribution in [3.8, 4) is 16.9 Å². The highest BCUT2D eigenvalue weighted by atomic mass is 35.5. The Morgan fingerprint density at radius 1 is 1.44 bits per heavy atom. The molecule has 1 aromatic heterocycles. The number of aromatic nitrogens is 2. The largest absolute Gasteiger partial charge is 0.494 e. The van der Waals surface area contributed by atoms with Gasteiger partial charge in [0.15, 0.2) is 11.6 Å². The molecule has 7 heteroatoms. The highest BCUT2D eigenvalue weighted by Crippen LogP contribution is 2.41. The van der Waals surface area contributed by atoms with E-state index in [1.54, 1.807) is 7.05 Å². The van der Waals surface area contributed by atoms with Gasteiger partial charge in [0.1, 0.15) is 11.6 Å². The maximum absolute atomic E-state index is 13.9. The Kier molecular flexibility index (Phi) is 3.13. The van der Waals surface area contributed by atoms with Crippen LogP contribution in [0.15, 0.2) is 12.3 Å². The van der Waals surface area contributed by atoms with Crippen LogP contribution in [0.5, 0.6) is 5.75 Å². The van der Waals surface area contributed by atoms with Crippen LogP contribution >= 0.6 is 11.6 Å². The number of nitrogen functional groups attached to an aromatic ring is 1. The van der Waals surface area contributed by atoms with Crippen LogP contribution in [0.2, 0.25) is 5.02 Å². The van der Waals surface area contributed by atoms with Gasteiger partial charge in [-0.3, -0.25) is 4.68 Å².